The van der Waals surface area contributed by atoms with E-state index < -0.39 is 0 Å². The molecule has 1 unspecified atom stereocenters. The molecule has 4 nitrogen and oxygen atoms in total. The topological polar surface area (TPSA) is 54.4 Å². The quantitative estimate of drug-likeness (QED) is 0.852. The number of nitrogens with zero attached hydrogens (tertiary/aromatic N) is 1. The minimum atomic E-state index is -0.0337. The smallest absolute Gasteiger partial charge is 0.124 e. The van der Waals surface area contributed by atoms with Crippen molar-refractivity contribution in [1.29, 1.82) is 0 Å². The Kier molecular flexibility index (Phi) is 5.20. The molecule has 1 aromatic carbocycles. The highest BCUT2D eigenvalue weighted by atomic mass is 32.1. The van der Waals surface area contributed by atoms with Gasteiger partial charge in [-0.25, -0.2) is 4.98 Å². The first kappa shape index (κ1) is 15.8. The molecule has 0 spiro atoms. The van der Waals surface area contributed by atoms with Gasteiger partial charge in [0.05, 0.1) is 30.0 Å². The zero-order valence-corrected chi connectivity index (χ0v) is 13.8. The summed E-state index contributed by atoms with van der Waals surface area (Å²) in [6.45, 7) is 8.70. The average molecular weight is 306 g/mol. The second-order valence-corrected chi connectivity index (χ2v) is 6.36. The number of aliphatic hydroxyl groups excluding tert-OH is 1. The maximum Gasteiger partial charge on any atom is 0.124 e. The van der Waals surface area contributed by atoms with E-state index in [0.29, 0.717) is 6.61 Å². The number of hydrogen-bond donors (Lipinski definition) is 2. The van der Waals surface area contributed by atoms with Crippen molar-refractivity contribution < 1.29 is 9.84 Å². The van der Waals surface area contributed by atoms with Crippen LogP contribution in [0.5, 0.6) is 5.75 Å². The van der Waals surface area contributed by atoms with Crippen molar-refractivity contribution in [1.82, 2.24) is 4.98 Å². The van der Waals surface area contributed by atoms with Gasteiger partial charge in [-0.1, -0.05) is 0 Å². The summed E-state index contributed by atoms with van der Waals surface area (Å²) in [7, 11) is 0. The van der Waals surface area contributed by atoms with E-state index in [9.17, 15) is 5.11 Å². The van der Waals surface area contributed by atoms with Gasteiger partial charge < -0.3 is 15.2 Å². The normalized spacial score (nSPS) is 12.2. The van der Waals surface area contributed by atoms with Crippen LogP contribution in [0, 0.1) is 13.8 Å². The van der Waals surface area contributed by atoms with Crippen molar-refractivity contribution in [3.63, 3.8) is 0 Å². The first-order chi connectivity index (χ1) is 10.0. The van der Waals surface area contributed by atoms with Crippen molar-refractivity contribution in [2.45, 2.75) is 40.3 Å². The largest absolute Gasteiger partial charge is 0.494 e. The highest BCUT2D eigenvalue weighted by molar-refractivity contribution is 7.11. The molecule has 0 aliphatic heterocycles. The standard InChI is InChI=1S/C16H22N2O2S/c1-5-20-15-7-6-14(8-13(15)9-19)17-10(2)16-11(3)21-12(4)18-16/h6-8,10,17,19H,5,9H2,1-4H3. The van der Waals surface area contributed by atoms with Gasteiger partial charge in [-0.3, -0.25) is 0 Å². The second kappa shape index (κ2) is 6.91. The Bertz CT molecular complexity index is 610. The van der Waals surface area contributed by atoms with E-state index in [2.05, 4.69) is 24.1 Å². The number of ether oxygens (including phenoxy) is 1. The average Bonchev–Trinajstić information content (AvgIpc) is 2.79. The fourth-order valence-corrected chi connectivity index (χ4v) is 3.27. The van der Waals surface area contributed by atoms with Crippen LogP contribution >= 0.6 is 11.3 Å². The predicted molar refractivity (Wildman–Crippen MR) is 87.2 cm³/mol. The van der Waals surface area contributed by atoms with Crippen LogP contribution in [-0.2, 0) is 6.61 Å². The van der Waals surface area contributed by atoms with Crippen LogP contribution in [0.4, 0.5) is 5.69 Å². The molecule has 0 aliphatic rings. The minimum Gasteiger partial charge on any atom is -0.494 e. The van der Waals surface area contributed by atoms with Gasteiger partial charge in [0.15, 0.2) is 0 Å². The first-order valence-corrected chi connectivity index (χ1v) is 7.93. The van der Waals surface area contributed by atoms with Gasteiger partial charge in [0, 0.05) is 16.1 Å². The monoisotopic (exact) mass is 306 g/mol. The lowest BCUT2D eigenvalue weighted by atomic mass is 10.1. The van der Waals surface area contributed by atoms with E-state index in [0.717, 1.165) is 27.7 Å². The number of nitrogens with one attached hydrogen (secondary N) is 1. The Balaban J connectivity index is 2.17. The molecule has 1 heterocycles. The fraction of sp³-hybridized carbons (Fsp3) is 0.438. The molecule has 1 atom stereocenters. The third kappa shape index (κ3) is 3.74. The molecule has 114 valence electrons. The van der Waals surface area contributed by atoms with Gasteiger partial charge >= 0.3 is 0 Å². The molecule has 0 fully saturated rings. The zero-order valence-electron chi connectivity index (χ0n) is 12.9. The number of hydrogen-bond acceptors (Lipinski definition) is 5. The Labute approximate surface area is 129 Å². The van der Waals surface area contributed by atoms with E-state index in [-0.39, 0.29) is 12.6 Å². The van der Waals surface area contributed by atoms with Crippen LogP contribution in [-0.4, -0.2) is 16.7 Å². The molecular weight excluding hydrogens is 284 g/mol. The lowest BCUT2D eigenvalue weighted by Gasteiger charge is -2.16. The molecule has 0 saturated heterocycles. The maximum atomic E-state index is 9.45. The van der Waals surface area contributed by atoms with Crippen molar-refractivity contribution in [3.8, 4) is 5.75 Å². The number of aliphatic hydroxyl groups is 1. The number of thiazole rings is 1. The molecule has 0 aliphatic carbocycles. The van der Waals surface area contributed by atoms with Crippen LogP contribution < -0.4 is 10.1 Å². The zero-order chi connectivity index (χ0) is 15.4. The molecule has 0 radical (unpaired) electrons. The van der Waals surface area contributed by atoms with Crippen LogP contribution in [0.3, 0.4) is 0 Å². The lowest BCUT2D eigenvalue weighted by molar-refractivity contribution is 0.267. The third-order valence-corrected chi connectivity index (χ3v) is 4.17. The molecule has 21 heavy (non-hydrogen) atoms. The lowest BCUT2D eigenvalue weighted by Crippen LogP contribution is -2.09. The number of benzene rings is 1. The summed E-state index contributed by atoms with van der Waals surface area (Å²) in [5.74, 6) is 0.735. The second-order valence-electron chi connectivity index (χ2n) is 4.95. The highest BCUT2D eigenvalue weighted by Crippen LogP contribution is 2.28. The summed E-state index contributed by atoms with van der Waals surface area (Å²) >= 11 is 1.71. The van der Waals surface area contributed by atoms with Crippen LogP contribution in [0.15, 0.2) is 18.2 Å². The Hall–Kier alpha value is -1.59. The number of aromatic nitrogens is 1. The third-order valence-electron chi connectivity index (χ3n) is 3.26. The Morgan fingerprint density at radius 1 is 1.38 bits per heavy atom. The highest BCUT2D eigenvalue weighted by Gasteiger charge is 2.13. The molecular formula is C16H22N2O2S. The Morgan fingerprint density at radius 2 is 2.14 bits per heavy atom. The minimum absolute atomic E-state index is 0.0337. The van der Waals surface area contributed by atoms with Crippen LogP contribution in [0.1, 0.15) is 41.0 Å². The van der Waals surface area contributed by atoms with Crippen LogP contribution in [0.2, 0.25) is 0 Å². The van der Waals surface area contributed by atoms with Gasteiger partial charge in [-0.15, -0.1) is 11.3 Å². The SMILES string of the molecule is CCOc1ccc(NC(C)c2nc(C)sc2C)cc1CO. The van der Waals surface area contributed by atoms with Crippen molar-refractivity contribution in [3.05, 3.63) is 39.3 Å². The number of rotatable bonds is 6. The van der Waals surface area contributed by atoms with Gasteiger partial charge in [-0.05, 0) is 45.9 Å². The van der Waals surface area contributed by atoms with E-state index in [4.69, 9.17) is 4.74 Å². The van der Waals surface area contributed by atoms with Crippen molar-refractivity contribution in [2.75, 3.05) is 11.9 Å². The molecule has 0 bridgehead atoms. The number of anilines is 1. The molecule has 2 N–H and O–H groups in total. The van der Waals surface area contributed by atoms with Crippen molar-refractivity contribution >= 4 is 17.0 Å². The van der Waals surface area contributed by atoms with E-state index in [1.54, 1.807) is 11.3 Å². The Morgan fingerprint density at radius 3 is 2.71 bits per heavy atom. The summed E-state index contributed by atoms with van der Waals surface area (Å²) < 4.78 is 5.50. The van der Waals surface area contributed by atoms with Gasteiger partial charge in [0.2, 0.25) is 0 Å². The molecule has 2 rings (SSSR count). The maximum absolute atomic E-state index is 9.45. The van der Waals surface area contributed by atoms with Gasteiger partial charge in [-0.2, -0.15) is 0 Å². The van der Waals surface area contributed by atoms with Gasteiger partial charge in [0.25, 0.3) is 0 Å². The van der Waals surface area contributed by atoms with Gasteiger partial charge in [0.1, 0.15) is 5.75 Å². The first-order valence-electron chi connectivity index (χ1n) is 7.12. The van der Waals surface area contributed by atoms with E-state index >= 15 is 0 Å². The summed E-state index contributed by atoms with van der Waals surface area (Å²) in [5.41, 5.74) is 2.83. The van der Waals surface area contributed by atoms with Crippen molar-refractivity contribution in [2.24, 2.45) is 0 Å². The molecule has 0 amide bonds. The fourth-order valence-electron chi connectivity index (χ4n) is 2.35. The van der Waals surface area contributed by atoms with E-state index in [1.807, 2.05) is 32.0 Å². The summed E-state index contributed by atoms with van der Waals surface area (Å²) in [6, 6.07) is 5.91. The molecule has 5 heteroatoms. The predicted octanol–water partition coefficient (Wildman–Crippen LogP) is 3.82. The summed E-state index contributed by atoms with van der Waals surface area (Å²) in [6.07, 6.45) is 0. The molecule has 1 aromatic heterocycles. The summed E-state index contributed by atoms with van der Waals surface area (Å²) in [5, 5.41) is 14.0. The summed E-state index contributed by atoms with van der Waals surface area (Å²) in [4.78, 5) is 5.81. The molecule has 0 saturated carbocycles. The van der Waals surface area contributed by atoms with E-state index in [1.165, 1.54) is 4.88 Å². The van der Waals surface area contributed by atoms with Crippen LogP contribution in [0.25, 0.3) is 0 Å². The molecule has 2 aromatic rings. The number of aryl methyl sites for hydroxylation is 2.